The van der Waals surface area contributed by atoms with E-state index < -0.39 is 24.2 Å². The molecule has 1 heterocycles. The van der Waals surface area contributed by atoms with Crippen molar-refractivity contribution in [1.29, 1.82) is 0 Å². The van der Waals surface area contributed by atoms with Gasteiger partial charge in [-0.3, -0.25) is 14.4 Å². The van der Waals surface area contributed by atoms with E-state index in [-0.39, 0.29) is 48.5 Å². The molecule has 4 aliphatic rings. The van der Waals surface area contributed by atoms with E-state index in [9.17, 15) is 19.8 Å². The van der Waals surface area contributed by atoms with Crippen LogP contribution in [0.1, 0.15) is 69.8 Å². The zero-order valence-corrected chi connectivity index (χ0v) is 32.5. The number of para-hydroxylation sites is 1. The van der Waals surface area contributed by atoms with Crippen molar-refractivity contribution in [3.8, 4) is 16.9 Å². The number of carbonyl (C=O) groups excluding carboxylic acids is 2. The van der Waals surface area contributed by atoms with E-state index in [2.05, 4.69) is 43.6 Å². The summed E-state index contributed by atoms with van der Waals surface area (Å²) >= 11 is 0. The van der Waals surface area contributed by atoms with E-state index >= 15 is 0 Å². The number of benzene rings is 2. The van der Waals surface area contributed by atoms with Crippen LogP contribution in [0.25, 0.3) is 11.1 Å². The first kappa shape index (κ1) is 39.9. The van der Waals surface area contributed by atoms with Crippen molar-refractivity contribution in [3.05, 3.63) is 47.5 Å². The van der Waals surface area contributed by atoms with Gasteiger partial charge in [-0.25, -0.2) is 0 Å². The van der Waals surface area contributed by atoms with Crippen molar-refractivity contribution in [2.24, 2.45) is 34.8 Å². The van der Waals surface area contributed by atoms with Crippen LogP contribution in [0, 0.1) is 29.1 Å². The number of hydrogen-bond donors (Lipinski definition) is 6. The number of nitrogens with one attached hydrogen (secondary N) is 3. The zero-order valence-electron chi connectivity index (χ0n) is 32.5. The van der Waals surface area contributed by atoms with E-state index in [1.807, 2.05) is 62.4 Å². The lowest BCUT2D eigenvalue weighted by atomic mass is 9.45. The number of aliphatic hydroxyl groups is 2. The Kier molecular flexibility index (Phi) is 12.6. The van der Waals surface area contributed by atoms with Gasteiger partial charge in [0, 0.05) is 67.1 Å². The summed E-state index contributed by atoms with van der Waals surface area (Å²) in [7, 11) is 7.33. The monoisotopic (exact) mass is 722 g/mol. The van der Waals surface area contributed by atoms with Gasteiger partial charge in [-0.2, -0.15) is 5.06 Å². The smallest absolute Gasteiger partial charge is 0.251 e. The molecular weight excluding hydrogens is 660 g/mol. The van der Waals surface area contributed by atoms with Crippen molar-refractivity contribution in [2.45, 2.75) is 96.8 Å². The Balaban J connectivity index is 1.42. The first-order valence-corrected chi connectivity index (χ1v) is 18.8. The number of amides is 2. The van der Waals surface area contributed by atoms with Gasteiger partial charge in [0.25, 0.3) is 5.91 Å². The van der Waals surface area contributed by atoms with Crippen molar-refractivity contribution >= 4 is 17.5 Å². The molecule has 0 spiro atoms. The van der Waals surface area contributed by atoms with Crippen LogP contribution in [0.4, 0.5) is 5.69 Å². The van der Waals surface area contributed by atoms with Gasteiger partial charge in [0.05, 0.1) is 26.4 Å². The Labute approximate surface area is 309 Å². The number of rotatable bonds is 15. The molecule has 2 bridgehead atoms. The Morgan fingerprint density at radius 2 is 1.90 bits per heavy atom. The normalized spacial score (nSPS) is 28.3. The van der Waals surface area contributed by atoms with Crippen LogP contribution in [-0.2, 0) is 16.2 Å². The molecule has 2 aromatic rings. The van der Waals surface area contributed by atoms with Crippen molar-refractivity contribution in [1.82, 2.24) is 21.0 Å². The fraction of sp³-hybridized carbons (Fsp3) is 0.650. The Morgan fingerprint density at radius 1 is 1.17 bits per heavy atom. The molecular formula is C40H62N6O6. The molecule has 0 aromatic heterocycles. The maximum absolute atomic E-state index is 14.2. The summed E-state index contributed by atoms with van der Waals surface area (Å²) in [5.74, 6) is 0.957. The topological polar surface area (TPSA) is 162 Å². The third-order valence-electron chi connectivity index (χ3n) is 12.4. The highest BCUT2D eigenvalue weighted by atomic mass is 16.7. The van der Waals surface area contributed by atoms with Crippen LogP contribution in [0.3, 0.4) is 0 Å². The first-order valence-electron chi connectivity index (χ1n) is 18.8. The number of carbonyl (C=O) groups is 2. The molecule has 3 aliphatic carbocycles. The maximum Gasteiger partial charge on any atom is 0.251 e. The molecule has 2 unspecified atom stereocenters. The number of nitrogens with zero attached hydrogens (tertiary/aromatic N) is 2. The number of aliphatic hydroxyl groups excluding tert-OH is 2. The summed E-state index contributed by atoms with van der Waals surface area (Å²) in [5.41, 5.74) is 10.2. The summed E-state index contributed by atoms with van der Waals surface area (Å²) in [5, 5.41) is 32.4. The average Bonchev–Trinajstić information content (AvgIpc) is 3.49. The third-order valence-corrected chi connectivity index (χ3v) is 12.4. The highest BCUT2D eigenvalue weighted by molar-refractivity contribution is 5.97. The number of nitrogens with two attached hydrogens (primary N) is 1. The molecule has 52 heavy (non-hydrogen) atoms. The number of hydrogen-bond acceptors (Lipinski definition) is 10. The lowest BCUT2D eigenvalue weighted by Gasteiger charge is -2.62. The van der Waals surface area contributed by atoms with Crippen molar-refractivity contribution in [2.75, 3.05) is 46.3 Å². The second-order valence-electron chi connectivity index (χ2n) is 16.3. The van der Waals surface area contributed by atoms with E-state index in [1.165, 1.54) is 6.42 Å². The van der Waals surface area contributed by atoms with Gasteiger partial charge >= 0.3 is 0 Å². The molecule has 7 N–H and O–H groups in total. The standard InChI is InChI=1S/C40H62N6O6/c1-22(42-6)13-29(41)19-43-38(49)27-14-26(15-30(16-27)45(7)8)31-12-10-11-25(37(31)51-9)20-46-36(35(24(3)48)34(21-47)52-46)39(50)44-33-18-28-17-32(23(33)2)40(28,4)5/h10-12,14-16,22-24,28-29,32-36,42,47-48H,13,17-21,41H2,1-9H3,(H,43,49)(H,44,50)/t22?,23-,24-,28+,29?,32-,33-,34-,35-,36-/m0/s1. The Morgan fingerprint density at radius 3 is 2.50 bits per heavy atom. The summed E-state index contributed by atoms with van der Waals surface area (Å²) < 4.78 is 6.05. The maximum atomic E-state index is 14.2. The van der Waals surface area contributed by atoms with E-state index in [4.69, 9.17) is 15.3 Å². The Bertz CT molecular complexity index is 1570. The third kappa shape index (κ3) is 8.12. The molecule has 10 atom stereocenters. The molecule has 2 amide bonds. The zero-order chi connectivity index (χ0) is 38.1. The quantitative estimate of drug-likeness (QED) is 0.161. The minimum absolute atomic E-state index is 0.0369. The van der Waals surface area contributed by atoms with Gasteiger partial charge in [0.2, 0.25) is 5.91 Å². The molecule has 12 heteroatoms. The van der Waals surface area contributed by atoms with Crippen LogP contribution in [-0.4, -0.2) is 105 Å². The molecule has 6 rings (SSSR count). The van der Waals surface area contributed by atoms with Crippen molar-refractivity contribution < 1.29 is 29.4 Å². The summed E-state index contributed by atoms with van der Waals surface area (Å²) in [4.78, 5) is 35.9. The van der Waals surface area contributed by atoms with Gasteiger partial charge in [-0.05, 0) is 87.1 Å². The number of hydroxylamine groups is 2. The fourth-order valence-electron chi connectivity index (χ4n) is 8.97. The van der Waals surface area contributed by atoms with E-state index in [0.717, 1.165) is 35.2 Å². The summed E-state index contributed by atoms with van der Waals surface area (Å²) in [6.45, 7) is 10.8. The molecule has 1 aliphatic heterocycles. The number of methoxy groups -OCH3 is 1. The lowest BCUT2D eigenvalue weighted by Crippen LogP contribution is -2.62. The summed E-state index contributed by atoms with van der Waals surface area (Å²) in [6, 6.07) is 10.7. The van der Waals surface area contributed by atoms with Crippen LogP contribution in [0.15, 0.2) is 36.4 Å². The molecule has 3 saturated carbocycles. The first-order chi connectivity index (χ1) is 24.6. The van der Waals surface area contributed by atoms with Crippen LogP contribution >= 0.6 is 0 Å². The molecule has 288 valence electrons. The van der Waals surface area contributed by atoms with Crippen LogP contribution in [0.2, 0.25) is 0 Å². The fourth-order valence-corrected chi connectivity index (χ4v) is 8.97. The molecule has 4 fully saturated rings. The predicted octanol–water partition coefficient (Wildman–Crippen LogP) is 3.14. The van der Waals surface area contributed by atoms with Crippen LogP contribution in [0.5, 0.6) is 5.75 Å². The SMILES string of the molecule is CNC(C)CC(N)CNC(=O)c1cc(-c2cccc(CN3O[C@@H](CO)[C@H]([C@H](C)O)[C@H]3C(=O)N[C@H]3C[C@H]4C[C@@H]([C@@H]3C)C4(C)C)c2OC)cc(N(C)C)c1. The number of fused-ring (bicyclic) bond motifs is 2. The Hall–Kier alpha value is -3.26. The second-order valence-corrected chi connectivity index (χ2v) is 16.3. The largest absolute Gasteiger partial charge is 0.496 e. The molecule has 0 radical (unpaired) electrons. The van der Waals surface area contributed by atoms with Gasteiger partial charge in [0.1, 0.15) is 17.9 Å². The molecule has 2 aromatic carbocycles. The predicted molar refractivity (Wildman–Crippen MR) is 204 cm³/mol. The molecule has 12 nitrogen and oxygen atoms in total. The van der Waals surface area contributed by atoms with E-state index in [1.54, 1.807) is 19.1 Å². The van der Waals surface area contributed by atoms with Crippen LogP contribution < -0.4 is 31.3 Å². The number of ether oxygens (including phenoxy) is 1. The highest BCUT2D eigenvalue weighted by Gasteiger charge is 2.57. The van der Waals surface area contributed by atoms with Gasteiger partial charge in [0.15, 0.2) is 0 Å². The summed E-state index contributed by atoms with van der Waals surface area (Å²) in [6.07, 6.45) is 1.20. The van der Waals surface area contributed by atoms with Gasteiger partial charge in [-0.1, -0.05) is 39.0 Å². The number of anilines is 1. The molecule has 1 saturated heterocycles. The van der Waals surface area contributed by atoms with Gasteiger partial charge in [-0.15, -0.1) is 0 Å². The highest BCUT2D eigenvalue weighted by Crippen LogP contribution is 2.61. The van der Waals surface area contributed by atoms with E-state index in [0.29, 0.717) is 35.6 Å². The minimum Gasteiger partial charge on any atom is -0.496 e. The minimum atomic E-state index is -0.901. The van der Waals surface area contributed by atoms with Crippen molar-refractivity contribution in [3.63, 3.8) is 0 Å². The second kappa shape index (κ2) is 16.4. The average molecular weight is 723 g/mol. The lowest BCUT2D eigenvalue weighted by molar-refractivity contribution is -0.183. The van der Waals surface area contributed by atoms with Gasteiger partial charge < -0.3 is 41.5 Å².